The van der Waals surface area contributed by atoms with Gasteiger partial charge in [-0.3, -0.25) is 0 Å². The van der Waals surface area contributed by atoms with E-state index in [1.165, 1.54) is 55.7 Å². The summed E-state index contributed by atoms with van der Waals surface area (Å²) in [5, 5.41) is 0. The van der Waals surface area contributed by atoms with E-state index in [-0.39, 0.29) is 5.41 Å². The highest BCUT2D eigenvalue weighted by molar-refractivity contribution is 5.92. The molecule has 46 heavy (non-hydrogen) atoms. The van der Waals surface area contributed by atoms with Crippen LogP contribution in [0.4, 0.5) is 17.1 Å². The Bertz CT molecular complexity index is 2050. The van der Waals surface area contributed by atoms with Gasteiger partial charge in [-0.05, 0) is 106 Å². The van der Waals surface area contributed by atoms with Crippen molar-refractivity contribution in [2.45, 2.75) is 33.1 Å². The van der Waals surface area contributed by atoms with Crippen LogP contribution in [-0.2, 0) is 5.41 Å². The average Bonchev–Trinajstić information content (AvgIpc) is 3.30. The highest BCUT2D eigenvalue weighted by Gasteiger charge is 2.34. The van der Waals surface area contributed by atoms with E-state index in [0.29, 0.717) is 0 Å². The first-order valence-electron chi connectivity index (χ1n) is 16.1. The second kappa shape index (κ2) is 12.2. The lowest BCUT2D eigenvalue weighted by Gasteiger charge is -2.27. The number of nitrogens with zero attached hydrogens (tertiary/aromatic N) is 1. The van der Waals surface area contributed by atoms with Gasteiger partial charge in [0.1, 0.15) is 0 Å². The fourth-order valence-electron chi connectivity index (χ4n) is 6.82. The molecule has 224 valence electrons. The molecule has 0 aliphatic heterocycles. The Morgan fingerprint density at radius 1 is 0.478 bits per heavy atom. The minimum absolute atomic E-state index is 0.0247. The van der Waals surface area contributed by atoms with E-state index in [0.717, 1.165) is 17.1 Å². The zero-order valence-electron chi connectivity index (χ0n) is 27.0. The molecule has 7 rings (SSSR count). The van der Waals surface area contributed by atoms with E-state index < -0.39 is 0 Å². The second-order valence-corrected chi connectivity index (χ2v) is 12.6. The molecule has 0 radical (unpaired) electrons. The summed E-state index contributed by atoms with van der Waals surface area (Å²) in [5.74, 6) is 0. The Morgan fingerprint density at radius 2 is 1.00 bits per heavy atom. The number of allylic oxidation sites excluding steroid dienone is 4. The van der Waals surface area contributed by atoms with Crippen molar-refractivity contribution in [3.8, 4) is 33.4 Å². The first-order valence-corrected chi connectivity index (χ1v) is 16.1. The van der Waals surface area contributed by atoms with E-state index in [1.807, 2.05) is 0 Å². The summed E-state index contributed by atoms with van der Waals surface area (Å²) in [7, 11) is 0. The van der Waals surface area contributed by atoms with E-state index in [2.05, 4.69) is 196 Å². The van der Waals surface area contributed by atoms with Crippen LogP contribution < -0.4 is 4.90 Å². The molecule has 0 amide bonds. The van der Waals surface area contributed by atoms with Crippen LogP contribution in [-0.4, -0.2) is 0 Å². The Labute approximate surface area is 273 Å². The van der Waals surface area contributed by atoms with Gasteiger partial charge in [-0.1, -0.05) is 141 Å². The summed E-state index contributed by atoms with van der Waals surface area (Å²) in [5.41, 5.74) is 16.2. The molecule has 6 aromatic rings. The van der Waals surface area contributed by atoms with Gasteiger partial charge in [-0.25, -0.2) is 0 Å². The van der Waals surface area contributed by atoms with Crippen LogP contribution in [0.25, 0.3) is 39.0 Å². The third kappa shape index (κ3) is 5.29. The molecule has 1 nitrogen and oxygen atoms in total. The van der Waals surface area contributed by atoms with Crippen molar-refractivity contribution in [3.05, 3.63) is 181 Å². The molecule has 0 saturated carbocycles. The minimum Gasteiger partial charge on any atom is -0.310 e. The van der Waals surface area contributed by atoms with E-state index >= 15 is 0 Å². The predicted molar refractivity (Wildman–Crippen MR) is 198 cm³/mol. The molecular formula is C45H39N. The Hall–Kier alpha value is -5.40. The smallest absolute Gasteiger partial charge is 0.0468 e. The third-order valence-electron chi connectivity index (χ3n) is 9.56. The number of rotatable bonds is 7. The van der Waals surface area contributed by atoms with Gasteiger partial charge in [-0.15, -0.1) is 0 Å². The number of hydrogen-bond acceptors (Lipinski definition) is 1. The predicted octanol–water partition coefficient (Wildman–Crippen LogP) is 12.8. The summed E-state index contributed by atoms with van der Waals surface area (Å²) < 4.78 is 0. The number of benzene rings is 6. The molecule has 0 unspecified atom stereocenters. The topological polar surface area (TPSA) is 3.24 Å². The van der Waals surface area contributed by atoms with Crippen molar-refractivity contribution in [1.29, 1.82) is 0 Å². The maximum Gasteiger partial charge on any atom is 0.0468 e. The molecular weight excluding hydrogens is 555 g/mol. The summed E-state index contributed by atoms with van der Waals surface area (Å²) in [6, 6.07) is 54.9. The van der Waals surface area contributed by atoms with Crippen molar-refractivity contribution in [2.75, 3.05) is 4.90 Å². The van der Waals surface area contributed by atoms with E-state index in [1.54, 1.807) is 0 Å². The summed E-state index contributed by atoms with van der Waals surface area (Å²) >= 11 is 0. The highest BCUT2D eigenvalue weighted by Crippen LogP contribution is 2.49. The molecule has 0 fully saturated rings. The van der Waals surface area contributed by atoms with Gasteiger partial charge in [-0.2, -0.15) is 0 Å². The molecule has 0 aromatic heterocycles. The molecule has 0 spiro atoms. The van der Waals surface area contributed by atoms with Crippen LogP contribution in [0.3, 0.4) is 0 Å². The van der Waals surface area contributed by atoms with Crippen LogP contribution in [0.2, 0.25) is 0 Å². The number of fused-ring (bicyclic) bond motifs is 1. The SMILES string of the molecule is C/C=C\C1=C(C)C(C)(C)c2cc(-c3ccc(N(c4ccccc4)c4ccc(-c5ccccc5)cc4)cc3-c3ccccc3)ccc21. The Balaban J connectivity index is 1.37. The van der Waals surface area contributed by atoms with E-state index in [9.17, 15) is 0 Å². The van der Waals surface area contributed by atoms with Crippen molar-refractivity contribution >= 4 is 22.6 Å². The molecule has 0 atom stereocenters. The van der Waals surface area contributed by atoms with Crippen LogP contribution >= 0.6 is 0 Å². The van der Waals surface area contributed by atoms with Gasteiger partial charge in [0.25, 0.3) is 0 Å². The van der Waals surface area contributed by atoms with Gasteiger partial charge in [0, 0.05) is 22.5 Å². The second-order valence-electron chi connectivity index (χ2n) is 12.6. The standard InChI is InChI=1S/C45H39N/c1-5-15-40-32(2)45(3,4)44-30-36(24-28-42(40)44)41-29-27-39(31-43(41)35-18-11-7-12-19-35)46(37-20-13-8-14-21-37)38-25-22-34(23-26-38)33-16-9-6-10-17-33/h5-31H,1-4H3/b15-5-. The lowest BCUT2D eigenvalue weighted by Crippen LogP contribution is -2.15. The summed E-state index contributed by atoms with van der Waals surface area (Å²) in [6.45, 7) is 9.08. The molecule has 0 bridgehead atoms. The molecule has 0 saturated heterocycles. The van der Waals surface area contributed by atoms with Gasteiger partial charge in [0.2, 0.25) is 0 Å². The lowest BCUT2D eigenvalue weighted by molar-refractivity contribution is 0.639. The van der Waals surface area contributed by atoms with Crippen LogP contribution in [0, 0.1) is 0 Å². The van der Waals surface area contributed by atoms with Crippen molar-refractivity contribution in [2.24, 2.45) is 0 Å². The largest absolute Gasteiger partial charge is 0.310 e. The lowest BCUT2D eigenvalue weighted by atomic mass is 9.80. The van der Waals surface area contributed by atoms with Crippen molar-refractivity contribution in [3.63, 3.8) is 0 Å². The minimum atomic E-state index is -0.0247. The summed E-state index contributed by atoms with van der Waals surface area (Å²) in [6.07, 6.45) is 4.41. The number of hydrogen-bond donors (Lipinski definition) is 0. The summed E-state index contributed by atoms with van der Waals surface area (Å²) in [4.78, 5) is 2.35. The average molecular weight is 594 g/mol. The first kappa shape index (κ1) is 29.3. The van der Waals surface area contributed by atoms with Crippen molar-refractivity contribution in [1.82, 2.24) is 0 Å². The number of anilines is 3. The van der Waals surface area contributed by atoms with Gasteiger partial charge in [0.05, 0.1) is 0 Å². The molecule has 6 aromatic carbocycles. The first-order chi connectivity index (χ1) is 22.5. The molecule has 0 heterocycles. The number of para-hydroxylation sites is 1. The monoisotopic (exact) mass is 593 g/mol. The maximum absolute atomic E-state index is 2.42. The Kier molecular flexibility index (Phi) is 7.76. The van der Waals surface area contributed by atoms with Crippen molar-refractivity contribution < 1.29 is 0 Å². The zero-order chi connectivity index (χ0) is 31.7. The van der Waals surface area contributed by atoms with Gasteiger partial charge in [0.15, 0.2) is 0 Å². The van der Waals surface area contributed by atoms with E-state index in [4.69, 9.17) is 0 Å². The fourth-order valence-corrected chi connectivity index (χ4v) is 6.82. The van der Waals surface area contributed by atoms with Crippen LogP contribution in [0.1, 0.15) is 38.8 Å². The maximum atomic E-state index is 2.42. The molecule has 1 aliphatic rings. The van der Waals surface area contributed by atoms with Crippen LogP contribution in [0.15, 0.2) is 169 Å². The normalized spacial score (nSPS) is 13.7. The molecule has 0 N–H and O–H groups in total. The Morgan fingerprint density at radius 3 is 1.65 bits per heavy atom. The fraction of sp³-hybridized carbons (Fsp3) is 0.111. The molecule has 1 heteroatoms. The zero-order valence-corrected chi connectivity index (χ0v) is 27.0. The highest BCUT2D eigenvalue weighted by atomic mass is 15.1. The van der Waals surface area contributed by atoms with Gasteiger partial charge < -0.3 is 4.90 Å². The van der Waals surface area contributed by atoms with Crippen LogP contribution in [0.5, 0.6) is 0 Å². The third-order valence-corrected chi connectivity index (χ3v) is 9.56. The quantitative estimate of drug-likeness (QED) is 0.178. The molecule has 1 aliphatic carbocycles. The van der Waals surface area contributed by atoms with Gasteiger partial charge >= 0.3 is 0 Å².